The van der Waals surface area contributed by atoms with E-state index in [1.165, 1.54) is 0 Å². The molecule has 0 amide bonds. The van der Waals surface area contributed by atoms with Crippen LogP contribution in [-0.2, 0) is 9.47 Å². The molecule has 1 unspecified atom stereocenters. The van der Waals surface area contributed by atoms with E-state index >= 15 is 0 Å². The van der Waals surface area contributed by atoms with Crippen molar-refractivity contribution in [2.75, 3.05) is 19.5 Å². The van der Waals surface area contributed by atoms with Crippen LogP contribution in [0.4, 0.5) is 0 Å². The molecule has 11 heavy (non-hydrogen) atoms. The van der Waals surface area contributed by atoms with E-state index in [0.717, 1.165) is 5.75 Å². The van der Waals surface area contributed by atoms with E-state index in [-0.39, 0.29) is 6.10 Å². The molecule has 1 rings (SSSR count). The summed E-state index contributed by atoms with van der Waals surface area (Å²) in [5.41, 5.74) is 0. The Kier molecular flexibility index (Phi) is 7.01. The van der Waals surface area contributed by atoms with Gasteiger partial charge in [-0.2, -0.15) is 0 Å². The second-order valence-corrected chi connectivity index (χ2v) is 3.38. The van der Waals surface area contributed by atoms with Gasteiger partial charge in [-0.25, -0.2) is 0 Å². The van der Waals surface area contributed by atoms with E-state index < -0.39 is 0 Å². The summed E-state index contributed by atoms with van der Waals surface area (Å²) in [6.45, 7) is 4.65. The standard InChI is InChI=1S/C5H8O2S2.C2H6/c1-6-2-4-3-9-5(8)7-4;1-2/h4H,2-3H2,1H3;1-2H3. The van der Waals surface area contributed by atoms with E-state index in [9.17, 15) is 0 Å². The number of thioether (sulfide) groups is 1. The lowest BCUT2D eigenvalue weighted by molar-refractivity contribution is 0.0971. The van der Waals surface area contributed by atoms with Crippen LogP contribution in [0.1, 0.15) is 13.8 Å². The predicted octanol–water partition coefficient (Wildman–Crippen LogP) is 2.08. The number of hydrogen-bond donors (Lipinski definition) is 0. The monoisotopic (exact) mass is 194 g/mol. The second-order valence-electron chi connectivity index (χ2n) is 1.76. The minimum absolute atomic E-state index is 0.187. The van der Waals surface area contributed by atoms with Crippen molar-refractivity contribution < 1.29 is 9.47 Å². The van der Waals surface area contributed by atoms with Crippen LogP contribution in [0.5, 0.6) is 0 Å². The summed E-state index contributed by atoms with van der Waals surface area (Å²) in [5.74, 6) is 0.937. The summed E-state index contributed by atoms with van der Waals surface area (Å²) in [7, 11) is 1.66. The Balaban J connectivity index is 0.000000461. The van der Waals surface area contributed by atoms with Gasteiger partial charge in [-0.05, 0) is 12.2 Å². The molecule has 1 saturated heterocycles. The minimum atomic E-state index is 0.187. The summed E-state index contributed by atoms with van der Waals surface area (Å²) in [4.78, 5) is 0. The molecule has 0 bridgehead atoms. The van der Waals surface area contributed by atoms with Crippen molar-refractivity contribution in [1.29, 1.82) is 0 Å². The van der Waals surface area contributed by atoms with Gasteiger partial charge < -0.3 is 9.47 Å². The highest BCUT2D eigenvalue weighted by Crippen LogP contribution is 2.19. The van der Waals surface area contributed by atoms with Gasteiger partial charge in [0.2, 0.25) is 4.38 Å². The fraction of sp³-hybridized carbons (Fsp3) is 0.857. The van der Waals surface area contributed by atoms with Crippen molar-refractivity contribution in [1.82, 2.24) is 0 Å². The fourth-order valence-corrected chi connectivity index (χ4v) is 1.66. The molecule has 2 nitrogen and oxygen atoms in total. The van der Waals surface area contributed by atoms with E-state index in [2.05, 4.69) is 0 Å². The lowest BCUT2D eigenvalue weighted by Crippen LogP contribution is -2.15. The van der Waals surface area contributed by atoms with Crippen molar-refractivity contribution >= 4 is 28.4 Å². The Bertz CT molecular complexity index is 117. The fourth-order valence-electron chi connectivity index (χ4n) is 0.633. The summed E-state index contributed by atoms with van der Waals surface area (Å²) in [6, 6.07) is 0. The molecule has 0 N–H and O–H groups in total. The highest BCUT2D eigenvalue weighted by atomic mass is 32.2. The first kappa shape index (κ1) is 11.2. The smallest absolute Gasteiger partial charge is 0.220 e. The number of ether oxygens (including phenoxy) is 2. The molecule has 0 aliphatic carbocycles. The first-order chi connectivity index (χ1) is 5.33. The number of hydrogen-bond acceptors (Lipinski definition) is 4. The molecule has 1 aliphatic rings. The first-order valence-electron chi connectivity index (χ1n) is 3.65. The van der Waals surface area contributed by atoms with Crippen LogP contribution in [0.15, 0.2) is 0 Å². The SMILES string of the molecule is CC.COCC1CSC(=S)O1. The molecule has 1 aliphatic heterocycles. The highest BCUT2D eigenvalue weighted by molar-refractivity contribution is 8.22. The van der Waals surface area contributed by atoms with Crippen LogP contribution in [0, 0.1) is 0 Å². The normalized spacial score (nSPS) is 22.1. The molecular formula is C7H14O2S2. The van der Waals surface area contributed by atoms with Gasteiger partial charge in [0.25, 0.3) is 0 Å². The summed E-state index contributed by atoms with van der Waals surface area (Å²) >= 11 is 6.37. The maximum atomic E-state index is 5.17. The lowest BCUT2D eigenvalue weighted by atomic mass is 10.4. The predicted molar refractivity (Wildman–Crippen MR) is 53.2 cm³/mol. The van der Waals surface area contributed by atoms with Crippen LogP contribution < -0.4 is 0 Å². The Morgan fingerprint density at radius 1 is 1.73 bits per heavy atom. The average molecular weight is 194 g/mol. The van der Waals surface area contributed by atoms with Crippen LogP contribution in [0.25, 0.3) is 0 Å². The zero-order valence-electron chi connectivity index (χ0n) is 7.12. The zero-order valence-corrected chi connectivity index (χ0v) is 8.76. The van der Waals surface area contributed by atoms with Crippen LogP contribution in [-0.4, -0.2) is 30.0 Å². The van der Waals surface area contributed by atoms with E-state index in [1.807, 2.05) is 13.8 Å². The van der Waals surface area contributed by atoms with Gasteiger partial charge in [0.1, 0.15) is 6.10 Å². The van der Waals surface area contributed by atoms with Crippen molar-refractivity contribution in [2.45, 2.75) is 20.0 Å². The molecule has 0 aromatic carbocycles. The molecule has 4 heteroatoms. The van der Waals surface area contributed by atoms with Gasteiger partial charge in [0.15, 0.2) is 0 Å². The van der Waals surface area contributed by atoms with Gasteiger partial charge in [-0.3, -0.25) is 0 Å². The molecular weight excluding hydrogens is 180 g/mol. The molecule has 66 valence electrons. The Morgan fingerprint density at radius 2 is 2.36 bits per heavy atom. The van der Waals surface area contributed by atoms with Gasteiger partial charge >= 0.3 is 0 Å². The third-order valence-electron chi connectivity index (χ3n) is 1.00. The van der Waals surface area contributed by atoms with Crippen LogP contribution in [0.2, 0.25) is 0 Å². The van der Waals surface area contributed by atoms with E-state index in [4.69, 9.17) is 21.7 Å². The average Bonchev–Trinajstić information content (AvgIpc) is 2.41. The number of thiocarbonyl (C=S) groups is 1. The number of methoxy groups -OCH3 is 1. The van der Waals surface area contributed by atoms with Crippen molar-refractivity contribution in [2.24, 2.45) is 0 Å². The third kappa shape index (κ3) is 4.61. The molecule has 0 spiro atoms. The van der Waals surface area contributed by atoms with Gasteiger partial charge in [-0.15, -0.1) is 0 Å². The van der Waals surface area contributed by atoms with Crippen LogP contribution in [0.3, 0.4) is 0 Å². The summed E-state index contributed by atoms with van der Waals surface area (Å²) in [5, 5.41) is 0. The quantitative estimate of drug-likeness (QED) is 0.626. The lowest BCUT2D eigenvalue weighted by Gasteiger charge is -2.05. The number of rotatable bonds is 2. The zero-order chi connectivity index (χ0) is 8.69. The van der Waals surface area contributed by atoms with Gasteiger partial charge in [0, 0.05) is 12.9 Å². The maximum absolute atomic E-state index is 5.17. The Morgan fingerprint density at radius 3 is 2.73 bits per heavy atom. The van der Waals surface area contributed by atoms with Gasteiger partial charge in [-0.1, -0.05) is 25.6 Å². The molecule has 1 fully saturated rings. The summed E-state index contributed by atoms with van der Waals surface area (Å²) in [6.07, 6.45) is 0.187. The Labute approximate surface area is 77.6 Å². The van der Waals surface area contributed by atoms with Crippen molar-refractivity contribution in [3.05, 3.63) is 0 Å². The highest BCUT2D eigenvalue weighted by Gasteiger charge is 2.20. The van der Waals surface area contributed by atoms with E-state index in [0.29, 0.717) is 11.0 Å². The summed E-state index contributed by atoms with van der Waals surface area (Å²) < 4.78 is 10.7. The van der Waals surface area contributed by atoms with Crippen LogP contribution >= 0.6 is 24.0 Å². The van der Waals surface area contributed by atoms with Crippen molar-refractivity contribution in [3.8, 4) is 0 Å². The van der Waals surface area contributed by atoms with Crippen molar-refractivity contribution in [3.63, 3.8) is 0 Å². The topological polar surface area (TPSA) is 18.5 Å². The first-order valence-corrected chi connectivity index (χ1v) is 5.04. The maximum Gasteiger partial charge on any atom is 0.220 e. The Hall–Kier alpha value is 0.200. The van der Waals surface area contributed by atoms with Gasteiger partial charge in [0.05, 0.1) is 6.61 Å². The molecule has 0 radical (unpaired) electrons. The molecule has 0 aromatic rings. The third-order valence-corrected chi connectivity index (χ3v) is 2.32. The minimum Gasteiger partial charge on any atom is -0.472 e. The molecule has 1 heterocycles. The molecule has 1 atom stereocenters. The molecule has 0 aromatic heterocycles. The molecule has 0 saturated carbocycles. The van der Waals surface area contributed by atoms with E-state index in [1.54, 1.807) is 18.9 Å². The largest absolute Gasteiger partial charge is 0.472 e. The second kappa shape index (κ2) is 6.88.